The van der Waals surface area contributed by atoms with Gasteiger partial charge >= 0.3 is 0 Å². The van der Waals surface area contributed by atoms with Crippen molar-refractivity contribution in [2.24, 2.45) is 29.6 Å². The predicted octanol–water partition coefficient (Wildman–Crippen LogP) is 3.63. The average molecular weight is 176 g/mol. The molecule has 0 aromatic carbocycles. The van der Waals surface area contributed by atoms with Gasteiger partial charge in [-0.15, -0.1) is 0 Å². The highest BCUT2D eigenvalue weighted by atomic mass is 14.6. The molecular weight excluding hydrogens is 156 g/mol. The van der Waals surface area contributed by atoms with E-state index in [1.807, 2.05) is 0 Å². The highest BCUT2D eigenvalue weighted by Gasteiger charge is 2.56. The van der Waals surface area contributed by atoms with Gasteiger partial charge in [0.15, 0.2) is 0 Å². The van der Waals surface area contributed by atoms with Crippen molar-refractivity contribution in [3.63, 3.8) is 0 Å². The molecule has 13 heavy (non-hydrogen) atoms. The molecule has 0 aliphatic heterocycles. The van der Waals surface area contributed by atoms with Crippen molar-refractivity contribution < 1.29 is 0 Å². The Hall–Kier alpha value is -0.260. The van der Waals surface area contributed by atoms with Gasteiger partial charge in [0.25, 0.3) is 0 Å². The summed E-state index contributed by atoms with van der Waals surface area (Å²) in [5.74, 6) is 5.50. The summed E-state index contributed by atoms with van der Waals surface area (Å²) < 4.78 is 0. The molecule has 4 atom stereocenters. The zero-order valence-electron chi connectivity index (χ0n) is 8.58. The van der Waals surface area contributed by atoms with Gasteiger partial charge in [-0.1, -0.05) is 31.9 Å². The Morgan fingerprint density at radius 1 is 1.38 bits per heavy atom. The zero-order chi connectivity index (χ0) is 8.84. The van der Waals surface area contributed by atoms with Crippen LogP contribution in [-0.4, -0.2) is 0 Å². The van der Waals surface area contributed by atoms with Gasteiger partial charge in [-0.25, -0.2) is 0 Å². The molecule has 0 heteroatoms. The highest BCUT2D eigenvalue weighted by Crippen LogP contribution is 2.62. The number of hydrogen-bond acceptors (Lipinski definition) is 0. The highest BCUT2D eigenvalue weighted by molar-refractivity contribution is 5.19. The Bertz CT molecular complexity index is 224. The smallest absolute Gasteiger partial charge is 0.0165 e. The summed E-state index contributed by atoms with van der Waals surface area (Å²) in [6.45, 7) is 2.35. The molecule has 72 valence electrons. The molecule has 0 saturated heterocycles. The number of hydrogen-bond donors (Lipinski definition) is 0. The summed E-state index contributed by atoms with van der Waals surface area (Å²) in [6.07, 6.45) is 12.3. The molecule has 3 aliphatic carbocycles. The van der Waals surface area contributed by atoms with Gasteiger partial charge in [-0.3, -0.25) is 0 Å². The molecular formula is C13H20. The predicted molar refractivity (Wildman–Crippen MR) is 55.3 cm³/mol. The van der Waals surface area contributed by atoms with Crippen LogP contribution < -0.4 is 0 Å². The van der Waals surface area contributed by atoms with Gasteiger partial charge in [-0.2, -0.15) is 0 Å². The third kappa shape index (κ3) is 1.26. The monoisotopic (exact) mass is 176 g/mol. The van der Waals surface area contributed by atoms with Gasteiger partial charge in [0.2, 0.25) is 0 Å². The Labute approximate surface area is 81.4 Å². The fourth-order valence-corrected chi connectivity index (χ4v) is 3.61. The van der Waals surface area contributed by atoms with Crippen LogP contribution in [-0.2, 0) is 0 Å². The Balaban J connectivity index is 1.65. The molecule has 0 aromatic rings. The van der Waals surface area contributed by atoms with Gasteiger partial charge in [0.1, 0.15) is 0 Å². The minimum Gasteiger partial charge on any atom is -0.0879 e. The third-order valence-corrected chi connectivity index (χ3v) is 4.40. The lowest BCUT2D eigenvalue weighted by Crippen LogP contribution is -2.08. The van der Waals surface area contributed by atoms with E-state index in [2.05, 4.69) is 19.1 Å². The molecule has 2 fully saturated rings. The lowest BCUT2D eigenvalue weighted by Gasteiger charge is -2.15. The number of allylic oxidation sites excluding steroid dienone is 2. The summed E-state index contributed by atoms with van der Waals surface area (Å²) in [6, 6.07) is 0. The first-order valence-corrected chi connectivity index (χ1v) is 6.08. The van der Waals surface area contributed by atoms with Crippen LogP contribution >= 0.6 is 0 Å². The second kappa shape index (κ2) is 2.87. The molecule has 0 aromatic heterocycles. The fraction of sp³-hybridized carbons (Fsp3) is 0.846. The third-order valence-electron chi connectivity index (χ3n) is 4.40. The minimum atomic E-state index is 1.03. The van der Waals surface area contributed by atoms with Crippen LogP contribution in [0.2, 0.25) is 0 Å². The molecule has 2 saturated carbocycles. The normalized spacial score (nSPS) is 43.3. The number of fused-ring (bicyclic) bond motifs is 1. The van der Waals surface area contributed by atoms with Crippen molar-refractivity contribution in [3.8, 4) is 0 Å². The van der Waals surface area contributed by atoms with Crippen LogP contribution in [0.3, 0.4) is 0 Å². The molecule has 3 aliphatic rings. The van der Waals surface area contributed by atoms with Crippen LogP contribution in [0.5, 0.6) is 0 Å². The van der Waals surface area contributed by atoms with E-state index < -0.39 is 0 Å². The standard InChI is InChI=1S/C13H20/c1-2-4-10(9-7-8-9)13-11-5-3-6-12(11)13/h3,5,9-13H,2,4,6-8H2,1H3. The molecule has 0 bridgehead atoms. The Morgan fingerprint density at radius 3 is 2.77 bits per heavy atom. The van der Waals surface area contributed by atoms with E-state index in [4.69, 9.17) is 0 Å². The minimum absolute atomic E-state index is 1.03. The second-order valence-electron chi connectivity index (χ2n) is 5.27. The molecule has 0 amide bonds. The van der Waals surface area contributed by atoms with Crippen LogP contribution in [0.15, 0.2) is 12.2 Å². The van der Waals surface area contributed by atoms with Crippen molar-refractivity contribution in [1.29, 1.82) is 0 Å². The van der Waals surface area contributed by atoms with Gasteiger partial charge in [0, 0.05) is 0 Å². The fourth-order valence-electron chi connectivity index (χ4n) is 3.61. The van der Waals surface area contributed by atoms with Crippen LogP contribution in [0, 0.1) is 29.6 Å². The van der Waals surface area contributed by atoms with E-state index >= 15 is 0 Å². The molecule has 0 heterocycles. The van der Waals surface area contributed by atoms with Gasteiger partial charge < -0.3 is 0 Å². The van der Waals surface area contributed by atoms with Crippen molar-refractivity contribution in [1.82, 2.24) is 0 Å². The Morgan fingerprint density at radius 2 is 2.23 bits per heavy atom. The van der Waals surface area contributed by atoms with E-state index in [9.17, 15) is 0 Å². The SMILES string of the molecule is CCCC(C1CC1)C1C2C=CCC21. The molecule has 4 unspecified atom stereocenters. The summed E-state index contributed by atoms with van der Waals surface area (Å²) >= 11 is 0. The summed E-state index contributed by atoms with van der Waals surface area (Å²) in [5.41, 5.74) is 0. The second-order valence-corrected chi connectivity index (χ2v) is 5.27. The van der Waals surface area contributed by atoms with Crippen LogP contribution in [0.4, 0.5) is 0 Å². The zero-order valence-corrected chi connectivity index (χ0v) is 8.58. The van der Waals surface area contributed by atoms with E-state index in [-0.39, 0.29) is 0 Å². The summed E-state index contributed by atoms with van der Waals surface area (Å²) in [7, 11) is 0. The maximum absolute atomic E-state index is 2.50. The number of rotatable bonds is 4. The van der Waals surface area contributed by atoms with E-state index in [0.717, 1.165) is 29.6 Å². The molecule has 0 radical (unpaired) electrons. The van der Waals surface area contributed by atoms with Crippen LogP contribution in [0.1, 0.15) is 39.0 Å². The average Bonchev–Trinajstić information content (AvgIpc) is 3.04. The van der Waals surface area contributed by atoms with Crippen molar-refractivity contribution in [2.45, 2.75) is 39.0 Å². The molecule has 3 rings (SSSR count). The maximum Gasteiger partial charge on any atom is -0.0165 e. The van der Waals surface area contributed by atoms with Gasteiger partial charge in [0.05, 0.1) is 0 Å². The Kier molecular flexibility index (Phi) is 1.78. The van der Waals surface area contributed by atoms with E-state index in [1.165, 1.54) is 19.3 Å². The van der Waals surface area contributed by atoms with Crippen molar-refractivity contribution in [2.75, 3.05) is 0 Å². The van der Waals surface area contributed by atoms with Crippen molar-refractivity contribution in [3.05, 3.63) is 12.2 Å². The maximum atomic E-state index is 2.50. The molecule has 0 spiro atoms. The quantitative estimate of drug-likeness (QED) is 0.574. The van der Waals surface area contributed by atoms with Crippen LogP contribution in [0.25, 0.3) is 0 Å². The van der Waals surface area contributed by atoms with E-state index in [0.29, 0.717) is 0 Å². The largest absolute Gasteiger partial charge is 0.0879 e. The first-order chi connectivity index (χ1) is 6.42. The lowest BCUT2D eigenvalue weighted by atomic mass is 9.90. The molecule has 0 nitrogen and oxygen atoms in total. The molecule has 0 N–H and O–H groups in total. The topological polar surface area (TPSA) is 0 Å². The summed E-state index contributed by atoms with van der Waals surface area (Å²) in [5, 5.41) is 0. The van der Waals surface area contributed by atoms with Crippen molar-refractivity contribution >= 4 is 0 Å². The summed E-state index contributed by atoms with van der Waals surface area (Å²) in [4.78, 5) is 0. The first-order valence-electron chi connectivity index (χ1n) is 6.08. The van der Waals surface area contributed by atoms with E-state index in [1.54, 1.807) is 12.8 Å². The lowest BCUT2D eigenvalue weighted by molar-refractivity contribution is 0.347. The van der Waals surface area contributed by atoms with Gasteiger partial charge in [-0.05, 0) is 48.9 Å². The first kappa shape index (κ1) is 8.08.